The van der Waals surface area contributed by atoms with Gasteiger partial charge in [0.25, 0.3) is 5.91 Å². The van der Waals surface area contributed by atoms with Crippen molar-refractivity contribution in [2.45, 2.75) is 38.5 Å². The lowest BCUT2D eigenvalue weighted by Crippen LogP contribution is -2.54. The van der Waals surface area contributed by atoms with Crippen molar-refractivity contribution < 1.29 is 37.0 Å². The lowest BCUT2D eigenvalue weighted by molar-refractivity contribution is -0.147. The minimum atomic E-state index is -4.49. The molecule has 3 N–H and O–H groups in total. The lowest BCUT2D eigenvalue weighted by atomic mass is 9.79. The number of ether oxygens (including phenoxy) is 2. The average Bonchev–Trinajstić information content (AvgIpc) is 3.18. The van der Waals surface area contributed by atoms with Crippen LogP contribution in [0.25, 0.3) is 11.1 Å². The molecule has 0 heterocycles. The van der Waals surface area contributed by atoms with Crippen molar-refractivity contribution in [2.75, 3.05) is 31.6 Å². The average molecular weight is 738 g/mol. The van der Waals surface area contributed by atoms with E-state index in [4.69, 9.17) is 9.47 Å². The number of hydrogen-bond donors (Lipinski definition) is 3. The Morgan fingerprint density at radius 1 is 0.704 bits per heavy atom. The number of amides is 2. The molecule has 2 amide bonds. The van der Waals surface area contributed by atoms with Gasteiger partial charge >= 0.3 is 12.1 Å². The number of likely N-dealkylation sites (N-methyl/N-ethyl adjacent to an activating group) is 2. The molecule has 0 saturated heterocycles. The van der Waals surface area contributed by atoms with Gasteiger partial charge in [0.05, 0.1) is 17.7 Å². The van der Waals surface area contributed by atoms with E-state index in [1.807, 2.05) is 74.5 Å². The first kappa shape index (κ1) is 39.3. The monoisotopic (exact) mass is 737 g/mol. The molecule has 0 aliphatic carbocycles. The standard InChI is InChI=1S/C43H42F3N3O5/c1-3-47-28-42(41(52)48-4-2,33-15-9-6-10-16-33)29-54-39(50)26-31-19-24-37(38(25-31)53-27-30-13-7-5-8-14-30)49-40(51)36-18-12-11-17-35(36)32-20-22-34(23-21-32)43(44,45)46/h5-25,47H,3-4,26-29H2,1-2H3,(H,48,52)(H,49,51). The number of nitrogens with one attached hydrogen (secondary N) is 3. The van der Waals surface area contributed by atoms with E-state index in [0.717, 1.165) is 17.7 Å². The first-order chi connectivity index (χ1) is 26.0. The van der Waals surface area contributed by atoms with Gasteiger partial charge in [0.2, 0.25) is 5.91 Å². The molecule has 1 unspecified atom stereocenters. The number of esters is 1. The second kappa shape index (κ2) is 18.2. The third kappa shape index (κ3) is 9.93. The van der Waals surface area contributed by atoms with Crippen LogP contribution in [0.1, 0.15) is 46.5 Å². The minimum Gasteiger partial charge on any atom is -0.487 e. The van der Waals surface area contributed by atoms with Gasteiger partial charge in [-0.15, -0.1) is 0 Å². The fraction of sp³-hybridized carbons (Fsp3) is 0.233. The normalized spacial score (nSPS) is 12.3. The zero-order valence-electron chi connectivity index (χ0n) is 30.0. The van der Waals surface area contributed by atoms with E-state index in [1.54, 1.807) is 42.5 Å². The van der Waals surface area contributed by atoms with E-state index < -0.39 is 29.0 Å². The van der Waals surface area contributed by atoms with E-state index in [-0.39, 0.29) is 43.4 Å². The molecule has 0 aromatic heterocycles. The highest BCUT2D eigenvalue weighted by molar-refractivity contribution is 6.09. The molecule has 0 saturated carbocycles. The Morgan fingerprint density at radius 2 is 1.37 bits per heavy atom. The minimum absolute atomic E-state index is 0.145. The molecule has 5 aromatic rings. The smallest absolute Gasteiger partial charge is 0.416 e. The third-order valence-electron chi connectivity index (χ3n) is 8.83. The quantitative estimate of drug-likeness (QED) is 0.0888. The van der Waals surface area contributed by atoms with Crippen molar-refractivity contribution in [2.24, 2.45) is 0 Å². The third-order valence-corrected chi connectivity index (χ3v) is 8.83. The number of carbonyl (C=O) groups is 3. The van der Waals surface area contributed by atoms with Gasteiger partial charge < -0.3 is 25.4 Å². The van der Waals surface area contributed by atoms with Gasteiger partial charge in [-0.2, -0.15) is 13.2 Å². The first-order valence-electron chi connectivity index (χ1n) is 17.6. The van der Waals surface area contributed by atoms with Gasteiger partial charge in [0.1, 0.15) is 24.4 Å². The predicted octanol–water partition coefficient (Wildman–Crippen LogP) is 7.97. The van der Waals surface area contributed by atoms with Gasteiger partial charge in [-0.1, -0.05) is 104 Å². The first-order valence-corrected chi connectivity index (χ1v) is 17.6. The van der Waals surface area contributed by atoms with Crippen LogP contribution in [0.2, 0.25) is 0 Å². The van der Waals surface area contributed by atoms with Crippen LogP contribution < -0.4 is 20.7 Å². The molecule has 0 spiro atoms. The number of hydrogen-bond acceptors (Lipinski definition) is 6. The van der Waals surface area contributed by atoms with Crippen LogP contribution in [0.5, 0.6) is 5.75 Å². The Bertz CT molecular complexity index is 2020. The molecule has 1 atom stereocenters. The maximum Gasteiger partial charge on any atom is 0.416 e. The van der Waals surface area contributed by atoms with Crippen LogP contribution in [0.4, 0.5) is 18.9 Å². The number of rotatable bonds is 16. The summed E-state index contributed by atoms with van der Waals surface area (Å²) in [7, 11) is 0. The molecule has 0 aliphatic heterocycles. The Balaban J connectivity index is 1.38. The van der Waals surface area contributed by atoms with E-state index in [1.165, 1.54) is 12.1 Å². The molecule has 54 heavy (non-hydrogen) atoms. The fourth-order valence-electron chi connectivity index (χ4n) is 5.96. The SMILES string of the molecule is CCNCC(COC(=O)Cc1ccc(NC(=O)c2ccccc2-c2ccc(C(F)(F)F)cc2)c(OCc2ccccc2)c1)(C(=O)NCC)c1ccccc1. The summed E-state index contributed by atoms with van der Waals surface area (Å²) in [4.78, 5) is 40.6. The van der Waals surface area contributed by atoms with Crippen LogP contribution in [0.15, 0.2) is 127 Å². The second-order valence-electron chi connectivity index (χ2n) is 12.6. The zero-order chi connectivity index (χ0) is 38.6. The second-order valence-corrected chi connectivity index (χ2v) is 12.6. The molecule has 5 rings (SSSR count). The topological polar surface area (TPSA) is 106 Å². The number of alkyl halides is 3. The Hall–Kier alpha value is -5.94. The summed E-state index contributed by atoms with van der Waals surface area (Å²) in [5, 5.41) is 9.02. The molecule has 5 aromatic carbocycles. The van der Waals surface area contributed by atoms with Gasteiger partial charge in [-0.3, -0.25) is 14.4 Å². The molecule has 11 heteroatoms. The maximum absolute atomic E-state index is 13.7. The zero-order valence-corrected chi connectivity index (χ0v) is 30.0. The highest BCUT2D eigenvalue weighted by Gasteiger charge is 2.41. The molecule has 0 radical (unpaired) electrons. The number of carbonyl (C=O) groups excluding carboxylic acids is 3. The Morgan fingerprint density at radius 3 is 2.04 bits per heavy atom. The van der Waals surface area contributed by atoms with Crippen LogP contribution >= 0.6 is 0 Å². The van der Waals surface area contributed by atoms with Crippen LogP contribution in [0, 0.1) is 0 Å². The van der Waals surface area contributed by atoms with E-state index in [0.29, 0.717) is 41.0 Å². The number of benzene rings is 5. The summed E-state index contributed by atoms with van der Waals surface area (Å²) in [5.41, 5.74) is 1.62. The summed E-state index contributed by atoms with van der Waals surface area (Å²) in [6.07, 6.45) is -4.63. The van der Waals surface area contributed by atoms with Crippen LogP contribution in [0.3, 0.4) is 0 Å². The van der Waals surface area contributed by atoms with Crippen molar-refractivity contribution in [3.05, 3.63) is 155 Å². The fourth-order valence-corrected chi connectivity index (χ4v) is 5.96. The van der Waals surface area contributed by atoms with Gasteiger partial charge in [-0.25, -0.2) is 0 Å². The summed E-state index contributed by atoms with van der Waals surface area (Å²) >= 11 is 0. The predicted molar refractivity (Wildman–Crippen MR) is 202 cm³/mol. The van der Waals surface area contributed by atoms with Crippen molar-refractivity contribution in [1.29, 1.82) is 0 Å². The summed E-state index contributed by atoms with van der Waals surface area (Å²) in [6.45, 7) is 4.99. The van der Waals surface area contributed by atoms with Crippen molar-refractivity contribution >= 4 is 23.5 Å². The highest BCUT2D eigenvalue weighted by atomic mass is 19.4. The molecular formula is C43H42F3N3O5. The summed E-state index contributed by atoms with van der Waals surface area (Å²) in [5.74, 6) is -1.04. The summed E-state index contributed by atoms with van der Waals surface area (Å²) in [6, 6.07) is 34.8. The van der Waals surface area contributed by atoms with Gasteiger partial charge in [0.15, 0.2) is 0 Å². The van der Waals surface area contributed by atoms with Crippen molar-refractivity contribution in [1.82, 2.24) is 10.6 Å². The highest BCUT2D eigenvalue weighted by Crippen LogP contribution is 2.33. The molecule has 280 valence electrons. The number of anilines is 1. The molecular weight excluding hydrogens is 695 g/mol. The van der Waals surface area contributed by atoms with Crippen molar-refractivity contribution in [3.8, 4) is 16.9 Å². The van der Waals surface area contributed by atoms with Crippen LogP contribution in [-0.2, 0) is 38.9 Å². The largest absolute Gasteiger partial charge is 0.487 e. The van der Waals surface area contributed by atoms with Crippen LogP contribution in [-0.4, -0.2) is 44.0 Å². The van der Waals surface area contributed by atoms with Crippen molar-refractivity contribution in [3.63, 3.8) is 0 Å². The number of halogens is 3. The maximum atomic E-state index is 13.7. The Kier molecular flexibility index (Phi) is 13.2. The molecule has 0 bridgehead atoms. The molecule has 8 nitrogen and oxygen atoms in total. The lowest BCUT2D eigenvalue weighted by Gasteiger charge is -2.32. The van der Waals surface area contributed by atoms with Gasteiger partial charge in [-0.05, 0) is 71.6 Å². The molecule has 0 fully saturated rings. The van der Waals surface area contributed by atoms with E-state index in [2.05, 4.69) is 16.0 Å². The van der Waals surface area contributed by atoms with E-state index in [9.17, 15) is 27.6 Å². The Labute approximate surface area is 312 Å². The van der Waals surface area contributed by atoms with Gasteiger partial charge in [0, 0.05) is 18.7 Å². The summed E-state index contributed by atoms with van der Waals surface area (Å²) < 4.78 is 51.6. The van der Waals surface area contributed by atoms with E-state index >= 15 is 0 Å². The molecule has 0 aliphatic rings.